The molecule has 5 rings (SSSR count). The highest BCUT2D eigenvalue weighted by Gasteiger charge is 2.24. The number of furan rings is 3. The van der Waals surface area contributed by atoms with E-state index in [0.717, 1.165) is 11.3 Å². The molecule has 0 N–H and O–H groups in total. The zero-order valence-corrected chi connectivity index (χ0v) is 15.4. The third kappa shape index (κ3) is 3.08. The Morgan fingerprint density at radius 2 is 1.69 bits per heavy atom. The number of aliphatic imine (C=N–C) groups is 1. The molecule has 0 bridgehead atoms. The van der Waals surface area contributed by atoms with Crippen LogP contribution in [0.4, 0.5) is 5.82 Å². The molecule has 0 unspecified atom stereocenters. The highest BCUT2D eigenvalue weighted by Crippen LogP contribution is 2.43. The SMILES string of the molecule is COc1ccc(C=Nc2ncnc3oc(-c4ccco4)c(-c4ccco4)c23)cc1. The van der Waals surface area contributed by atoms with Gasteiger partial charge in [0.2, 0.25) is 5.71 Å². The minimum absolute atomic E-state index is 0.402. The van der Waals surface area contributed by atoms with Gasteiger partial charge in [-0.1, -0.05) is 0 Å². The Morgan fingerprint density at radius 3 is 2.38 bits per heavy atom. The van der Waals surface area contributed by atoms with Crippen LogP contribution in [-0.2, 0) is 0 Å². The summed E-state index contributed by atoms with van der Waals surface area (Å²) < 4.78 is 22.4. The number of benzene rings is 1. The lowest BCUT2D eigenvalue weighted by atomic mass is 10.1. The molecule has 5 aromatic rings. The number of ether oxygens (including phenoxy) is 1. The number of nitrogens with zero attached hydrogens (tertiary/aromatic N) is 3. The molecule has 7 nitrogen and oxygen atoms in total. The van der Waals surface area contributed by atoms with E-state index >= 15 is 0 Å². The molecular formula is C22H15N3O4. The minimum Gasteiger partial charge on any atom is -0.497 e. The van der Waals surface area contributed by atoms with Crippen LogP contribution in [0.25, 0.3) is 33.9 Å². The molecule has 0 aliphatic carbocycles. The number of aromatic nitrogens is 2. The van der Waals surface area contributed by atoms with Crippen molar-refractivity contribution in [3.05, 3.63) is 72.9 Å². The van der Waals surface area contributed by atoms with Gasteiger partial charge < -0.3 is 18.0 Å². The number of fused-ring (bicyclic) bond motifs is 1. The molecule has 4 heterocycles. The van der Waals surface area contributed by atoms with Crippen LogP contribution in [-0.4, -0.2) is 23.3 Å². The summed E-state index contributed by atoms with van der Waals surface area (Å²) in [5.41, 5.74) is 2.01. The van der Waals surface area contributed by atoms with Gasteiger partial charge in [-0.25, -0.2) is 15.0 Å². The van der Waals surface area contributed by atoms with Gasteiger partial charge >= 0.3 is 0 Å². The number of hydrogen-bond acceptors (Lipinski definition) is 7. The van der Waals surface area contributed by atoms with Gasteiger partial charge in [0.25, 0.3) is 0 Å². The summed E-state index contributed by atoms with van der Waals surface area (Å²) in [6, 6.07) is 14.8. The number of methoxy groups -OCH3 is 1. The summed E-state index contributed by atoms with van der Waals surface area (Å²) in [6.07, 6.45) is 6.34. The van der Waals surface area contributed by atoms with E-state index < -0.39 is 0 Å². The fourth-order valence-corrected chi connectivity index (χ4v) is 3.08. The van der Waals surface area contributed by atoms with Crippen molar-refractivity contribution in [2.45, 2.75) is 0 Å². The van der Waals surface area contributed by atoms with Gasteiger partial charge in [0.15, 0.2) is 17.3 Å². The minimum atomic E-state index is 0.402. The van der Waals surface area contributed by atoms with Gasteiger partial charge in [0.05, 0.1) is 30.6 Å². The van der Waals surface area contributed by atoms with Gasteiger partial charge in [0.1, 0.15) is 17.8 Å². The number of rotatable bonds is 5. The predicted octanol–water partition coefficient (Wildman–Crippen LogP) is 5.50. The average molecular weight is 385 g/mol. The van der Waals surface area contributed by atoms with Gasteiger partial charge in [-0.15, -0.1) is 0 Å². The molecule has 0 radical (unpaired) electrons. The van der Waals surface area contributed by atoms with Crippen molar-refractivity contribution in [2.24, 2.45) is 4.99 Å². The quantitative estimate of drug-likeness (QED) is 0.371. The van der Waals surface area contributed by atoms with E-state index in [2.05, 4.69) is 15.0 Å². The van der Waals surface area contributed by atoms with E-state index in [0.29, 0.717) is 39.8 Å². The summed E-state index contributed by atoms with van der Waals surface area (Å²) in [5, 5.41) is 0.651. The Morgan fingerprint density at radius 1 is 0.931 bits per heavy atom. The molecule has 0 spiro atoms. The Kier molecular flexibility index (Phi) is 4.18. The second kappa shape index (κ2) is 7.12. The summed E-state index contributed by atoms with van der Waals surface area (Å²) in [7, 11) is 1.63. The number of hydrogen-bond donors (Lipinski definition) is 0. The van der Waals surface area contributed by atoms with E-state index in [4.69, 9.17) is 18.0 Å². The van der Waals surface area contributed by atoms with E-state index in [-0.39, 0.29) is 0 Å². The first-order valence-corrected chi connectivity index (χ1v) is 8.87. The molecule has 0 aliphatic heterocycles. The fraction of sp³-hybridized carbons (Fsp3) is 0.0455. The van der Waals surface area contributed by atoms with Crippen molar-refractivity contribution < 1.29 is 18.0 Å². The highest BCUT2D eigenvalue weighted by molar-refractivity contribution is 6.04. The maximum atomic E-state index is 6.00. The van der Waals surface area contributed by atoms with Crippen LogP contribution in [0.3, 0.4) is 0 Å². The first-order chi connectivity index (χ1) is 14.3. The third-order valence-electron chi connectivity index (χ3n) is 4.43. The van der Waals surface area contributed by atoms with Crippen LogP contribution in [0.1, 0.15) is 5.56 Å². The monoisotopic (exact) mass is 385 g/mol. The molecule has 0 aliphatic rings. The molecule has 0 saturated carbocycles. The van der Waals surface area contributed by atoms with Crippen molar-refractivity contribution >= 4 is 23.1 Å². The standard InChI is InChI=1S/C22H15N3O4/c1-26-15-8-6-14(7-9-15)12-23-21-19-18(16-4-2-10-27-16)20(17-5-3-11-28-17)29-22(19)25-13-24-21/h2-13H,1H3. The van der Waals surface area contributed by atoms with Gasteiger partial charge in [-0.2, -0.15) is 0 Å². The molecular weight excluding hydrogens is 370 g/mol. The summed E-state index contributed by atoms with van der Waals surface area (Å²) in [4.78, 5) is 13.2. The smallest absolute Gasteiger partial charge is 0.232 e. The normalized spacial score (nSPS) is 11.5. The zero-order valence-electron chi connectivity index (χ0n) is 15.4. The van der Waals surface area contributed by atoms with Crippen LogP contribution in [0, 0.1) is 0 Å². The summed E-state index contributed by atoms with van der Waals surface area (Å²) in [6.45, 7) is 0. The molecule has 4 aromatic heterocycles. The van der Waals surface area contributed by atoms with E-state index in [1.807, 2.05) is 42.5 Å². The van der Waals surface area contributed by atoms with E-state index in [9.17, 15) is 0 Å². The summed E-state index contributed by atoms with van der Waals surface area (Å²) >= 11 is 0. The fourth-order valence-electron chi connectivity index (χ4n) is 3.08. The van der Waals surface area contributed by atoms with Crippen molar-refractivity contribution in [2.75, 3.05) is 7.11 Å². The van der Waals surface area contributed by atoms with Crippen molar-refractivity contribution in [3.8, 4) is 28.6 Å². The highest BCUT2D eigenvalue weighted by atomic mass is 16.5. The topological polar surface area (TPSA) is 86.8 Å². The second-order valence-electron chi connectivity index (χ2n) is 6.17. The first-order valence-electron chi connectivity index (χ1n) is 8.87. The predicted molar refractivity (Wildman–Crippen MR) is 107 cm³/mol. The van der Waals surface area contributed by atoms with E-state index in [1.165, 1.54) is 6.33 Å². The molecule has 29 heavy (non-hydrogen) atoms. The molecule has 0 amide bonds. The van der Waals surface area contributed by atoms with Crippen LogP contribution >= 0.6 is 0 Å². The van der Waals surface area contributed by atoms with Crippen LogP contribution < -0.4 is 4.74 Å². The lowest BCUT2D eigenvalue weighted by molar-refractivity contribution is 0.415. The van der Waals surface area contributed by atoms with Gasteiger partial charge in [-0.3, -0.25) is 0 Å². The van der Waals surface area contributed by atoms with Crippen molar-refractivity contribution in [1.29, 1.82) is 0 Å². The summed E-state index contributed by atoms with van der Waals surface area (Å²) in [5.74, 6) is 2.95. The Hall–Kier alpha value is -4.13. The molecule has 7 heteroatoms. The van der Waals surface area contributed by atoms with E-state index in [1.54, 1.807) is 31.9 Å². The lowest BCUT2D eigenvalue weighted by Crippen LogP contribution is -1.86. The van der Waals surface area contributed by atoms with Crippen molar-refractivity contribution in [3.63, 3.8) is 0 Å². The second-order valence-corrected chi connectivity index (χ2v) is 6.17. The molecule has 0 fully saturated rings. The maximum Gasteiger partial charge on any atom is 0.232 e. The van der Waals surface area contributed by atoms with Crippen LogP contribution in [0.15, 0.2) is 85.6 Å². The van der Waals surface area contributed by atoms with Crippen LogP contribution in [0.5, 0.6) is 5.75 Å². The maximum absolute atomic E-state index is 6.00. The van der Waals surface area contributed by atoms with Gasteiger partial charge in [-0.05, 0) is 54.1 Å². The average Bonchev–Trinajstić information content (AvgIpc) is 3.52. The Labute approximate surface area is 165 Å². The first kappa shape index (κ1) is 17.0. The molecule has 142 valence electrons. The zero-order chi connectivity index (χ0) is 19.6. The molecule has 0 atom stereocenters. The molecule has 1 aromatic carbocycles. The Bertz CT molecular complexity index is 1270. The largest absolute Gasteiger partial charge is 0.497 e. The molecule has 0 saturated heterocycles. The lowest BCUT2D eigenvalue weighted by Gasteiger charge is -2.00. The Balaban J connectivity index is 1.67. The van der Waals surface area contributed by atoms with Crippen LogP contribution in [0.2, 0.25) is 0 Å². The van der Waals surface area contributed by atoms with Crippen molar-refractivity contribution in [1.82, 2.24) is 9.97 Å². The third-order valence-corrected chi connectivity index (χ3v) is 4.43. The van der Waals surface area contributed by atoms with Gasteiger partial charge in [0, 0.05) is 6.21 Å².